The van der Waals surface area contributed by atoms with Crippen LogP contribution in [0.4, 0.5) is 15.3 Å². The minimum Gasteiger partial charge on any atom is -0.444 e. The van der Waals surface area contributed by atoms with Crippen molar-refractivity contribution in [1.29, 1.82) is 0 Å². The Balaban J connectivity index is 1.89. The fourth-order valence-electron chi connectivity index (χ4n) is 3.48. The second-order valence-corrected chi connectivity index (χ2v) is 9.65. The number of hydrogen-bond acceptors (Lipinski definition) is 5. The molecule has 2 aromatic heterocycles. The van der Waals surface area contributed by atoms with Crippen LogP contribution in [0.25, 0.3) is 5.65 Å². The van der Waals surface area contributed by atoms with Gasteiger partial charge in [0.15, 0.2) is 0 Å². The summed E-state index contributed by atoms with van der Waals surface area (Å²) in [6, 6.07) is 3.50. The predicted molar refractivity (Wildman–Crippen MR) is 115 cm³/mol. The van der Waals surface area contributed by atoms with Crippen molar-refractivity contribution in [1.82, 2.24) is 14.3 Å². The molecule has 0 bridgehead atoms. The summed E-state index contributed by atoms with van der Waals surface area (Å²) >= 11 is 0. The van der Waals surface area contributed by atoms with Gasteiger partial charge in [-0.2, -0.15) is 0 Å². The molecule has 30 heavy (non-hydrogen) atoms. The molecule has 1 atom stereocenters. The summed E-state index contributed by atoms with van der Waals surface area (Å²) < 4.78 is 13.1. The van der Waals surface area contributed by atoms with Gasteiger partial charge in [-0.1, -0.05) is 0 Å². The number of carbonyl (C=O) groups is 2. The second-order valence-electron chi connectivity index (χ2n) is 9.65. The Morgan fingerprint density at radius 3 is 2.47 bits per heavy atom. The number of nitrogens with zero attached hydrogens (tertiary/aromatic N) is 4. The van der Waals surface area contributed by atoms with E-state index in [0.29, 0.717) is 18.8 Å². The lowest BCUT2D eigenvalue weighted by Crippen LogP contribution is -2.53. The van der Waals surface area contributed by atoms with Crippen molar-refractivity contribution in [2.24, 2.45) is 0 Å². The van der Waals surface area contributed by atoms with E-state index in [4.69, 9.17) is 9.47 Å². The van der Waals surface area contributed by atoms with Crippen LogP contribution in [0.2, 0.25) is 0 Å². The summed E-state index contributed by atoms with van der Waals surface area (Å²) in [4.78, 5) is 33.4. The predicted octanol–water partition coefficient (Wildman–Crippen LogP) is 4.48. The Morgan fingerprint density at radius 2 is 1.80 bits per heavy atom. The van der Waals surface area contributed by atoms with Crippen LogP contribution < -0.4 is 4.90 Å². The van der Waals surface area contributed by atoms with Gasteiger partial charge >= 0.3 is 12.2 Å². The van der Waals surface area contributed by atoms with Gasteiger partial charge in [0.1, 0.15) is 16.8 Å². The number of imidazole rings is 1. The fourth-order valence-corrected chi connectivity index (χ4v) is 3.48. The number of fused-ring (bicyclic) bond motifs is 1. The first-order valence-corrected chi connectivity index (χ1v) is 10.4. The van der Waals surface area contributed by atoms with Crippen molar-refractivity contribution in [2.45, 2.75) is 71.6 Å². The number of pyridine rings is 1. The molecule has 0 N–H and O–H groups in total. The molecule has 0 unspecified atom stereocenters. The topological polar surface area (TPSA) is 76.4 Å². The SMILES string of the molecule is CC(C)(C)OC(=O)N1CCC[C@@H](N(C(=O)OC(C)(C)C)c2ccc3nccn3c2)C1. The Hall–Kier alpha value is -2.77. The average molecular weight is 417 g/mol. The van der Waals surface area contributed by atoms with Crippen LogP contribution in [0.5, 0.6) is 0 Å². The third-order valence-electron chi connectivity index (χ3n) is 4.65. The monoisotopic (exact) mass is 416 g/mol. The zero-order valence-corrected chi connectivity index (χ0v) is 18.7. The summed E-state index contributed by atoms with van der Waals surface area (Å²) in [7, 11) is 0. The van der Waals surface area contributed by atoms with Crippen LogP contribution in [-0.4, -0.2) is 56.8 Å². The number of ether oxygens (including phenoxy) is 2. The molecule has 8 nitrogen and oxygen atoms in total. The van der Waals surface area contributed by atoms with Crippen molar-refractivity contribution in [3.63, 3.8) is 0 Å². The highest BCUT2D eigenvalue weighted by Crippen LogP contribution is 2.27. The minimum atomic E-state index is -0.631. The third kappa shape index (κ3) is 5.43. The number of amides is 2. The van der Waals surface area contributed by atoms with E-state index >= 15 is 0 Å². The molecular formula is C22H32N4O4. The van der Waals surface area contributed by atoms with E-state index in [-0.39, 0.29) is 12.1 Å². The molecule has 0 aromatic carbocycles. The molecule has 3 heterocycles. The molecule has 164 valence electrons. The summed E-state index contributed by atoms with van der Waals surface area (Å²) in [6.45, 7) is 12.1. The minimum absolute atomic E-state index is 0.220. The number of rotatable bonds is 2. The number of piperidine rings is 1. The van der Waals surface area contributed by atoms with Crippen LogP contribution in [0, 0.1) is 0 Å². The molecule has 0 spiro atoms. The normalized spacial score (nSPS) is 17.7. The van der Waals surface area contributed by atoms with Crippen LogP contribution in [0.15, 0.2) is 30.7 Å². The standard InChI is InChI=1S/C22H32N4O4/c1-21(2,3)29-19(27)25-12-7-8-16(15-25)26(20(28)30-22(4,5)6)17-9-10-18-23-11-13-24(18)14-17/h9-11,13-14,16H,7-8,12,15H2,1-6H3/t16-/m1/s1. The second kappa shape index (κ2) is 8.16. The molecule has 2 aromatic rings. The maximum absolute atomic E-state index is 13.2. The molecule has 3 rings (SSSR count). The quantitative estimate of drug-likeness (QED) is 0.722. The van der Waals surface area contributed by atoms with Gasteiger partial charge in [-0.25, -0.2) is 14.6 Å². The van der Waals surface area contributed by atoms with E-state index in [1.54, 1.807) is 16.0 Å². The van der Waals surface area contributed by atoms with Crippen LogP contribution in [0.1, 0.15) is 54.4 Å². The highest BCUT2D eigenvalue weighted by molar-refractivity contribution is 5.89. The molecule has 1 saturated heterocycles. The lowest BCUT2D eigenvalue weighted by Gasteiger charge is -2.40. The summed E-state index contributed by atoms with van der Waals surface area (Å²) in [5, 5.41) is 0. The van der Waals surface area contributed by atoms with E-state index < -0.39 is 17.3 Å². The van der Waals surface area contributed by atoms with Crippen molar-refractivity contribution in [2.75, 3.05) is 18.0 Å². The van der Waals surface area contributed by atoms with Gasteiger partial charge in [-0.15, -0.1) is 0 Å². The first-order chi connectivity index (χ1) is 13.9. The Labute approximate surface area is 177 Å². The zero-order chi connectivity index (χ0) is 22.1. The van der Waals surface area contributed by atoms with Crippen molar-refractivity contribution < 1.29 is 19.1 Å². The number of aromatic nitrogens is 2. The molecule has 0 radical (unpaired) electrons. The first kappa shape index (κ1) is 21.9. The molecule has 1 aliphatic rings. The number of hydrogen-bond donors (Lipinski definition) is 0. The fraction of sp³-hybridized carbons (Fsp3) is 0.591. The average Bonchev–Trinajstić information content (AvgIpc) is 3.07. The molecule has 8 heteroatoms. The zero-order valence-electron chi connectivity index (χ0n) is 18.7. The number of carbonyl (C=O) groups excluding carboxylic acids is 2. The van der Waals surface area contributed by atoms with Gasteiger partial charge in [0.05, 0.1) is 11.7 Å². The maximum Gasteiger partial charge on any atom is 0.415 e. The van der Waals surface area contributed by atoms with Gasteiger partial charge in [0.25, 0.3) is 0 Å². The summed E-state index contributed by atoms with van der Waals surface area (Å²) in [6.07, 6.45) is 6.15. The summed E-state index contributed by atoms with van der Waals surface area (Å²) in [5.74, 6) is 0. The molecule has 1 fully saturated rings. The van der Waals surface area contributed by atoms with E-state index in [9.17, 15) is 9.59 Å². The lowest BCUT2D eigenvalue weighted by molar-refractivity contribution is 0.0182. The van der Waals surface area contributed by atoms with E-state index in [0.717, 1.165) is 18.5 Å². The molecule has 0 aliphatic carbocycles. The van der Waals surface area contributed by atoms with E-state index in [1.165, 1.54) is 0 Å². The van der Waals surface area contributed by atoms with Gasteiger partial charge in [-0.05, 0) is 66.5 Å². The maximum atomic E-state index is 13.2. The summed E-state index contributed by atoms with van der Waals surface area (Å²) in [5.41, 5.74) is 0.294. The van der Waals surface area contributed by atoms with Gasteiger partial charge in [0, 0.05) is 31.7 Å². The van der Waals surface area contributed by atoms with Gasteiger partial charge in [0.2, 0.25) is 0 Å². The van der Waals surface area contributed by atoms with Gasteiger partial charge < -0.3 is 18.8 Å². The smallest absolute Gasteiger partial charge is 0.415 e. The molecule has 1 aliphatic heterocycles. The largest absolute Gasteiger partial charge is 0.444 e. The van der Waals surface area contributed by atoms with Crippen LogP contribution >= 0.6 is 0 Å². The van der Waals surface area contributed by atoms with Crippen molar-refractivity contribution in [3.8, 4) is 0 Å². The van der Waals surface area contributed by atoms with E-state index in [2.05, 4.69) is 4.98 Å². The van der Waals surface area contributed by atoms with Crippen molar-refractivity contribution >= 4 is 23.5 Å². The van der Waals surface area contributed by atoms with Gasteiger partial charge in [-0.3, -0.25) is 4.90 Å². The first-order valence-electron chi connectivity index (χ1n) is 10.4. The van der Waals surface area contributed by atoms with Crippen molar-refractivity contribution in [3.05, 3.63) is 30.7 Å². The Bertz CT molecular complexity index is 910. The van der Waals surface area contributed by atoms with Crippen LogP contribution in [0.3, 0.4) is 0 Å². The third-order valence-corrected chi connectivity index (χ3v) is 4.65. The van der Waals surface area contributed by atoms with Crippen LogP contribution in [-0.2, 0) is 9.47 Å². The highest BCUT2D eigenvalue weighted by Gasteiger charge is 2.35. The lowest BCUT2D eigenvalue weighted by atomic mass is 10.0. The highest BCUT2D eigenvalue weighted by atomic mass is 16.6. The molecule has 0 saturated carbocycles. The molecular weight excluding hydrogens is 384 g/mol. The Kier molecular flexibility index (Phi) is 5.97. The van der Waals surface area contributed by atoms with E-state index in [1.807, 2.05) is 70.5 Å². The molecule has 2 amide bonds. The number of likely N-dealkylation sites (tertiary alicyclic amines) is 1. The number of anilines is 1. The Morgan fingerprint density at radius 1 is 1.10 bits per heavy atom.